The molecule has 130 valence electrons. The number of rotatable bonds is 5. The van der Waals surface area contributed by atoms with Gasteiger partial charge in [-0.2, -0.15) is 10.2 Å². The van der Waals surface area contributed by atoms with Crippen LogP contribution in [0.2, 0.25) is 5.02 Å². The smallest absolute Gasteiger partial charge is 0.236 e. The van der Waals surface area contributed by atoms with Crippen molar-refractivity contribution in [2.24, 2.45) is 11.7 Å². The lowest BCUT2D eigenvalue weighted by molar-refractivity contribution is -0.122. The minimum Gasteiger partial charge on any atom is -0.482 e. The molecule has 1 aromatic heterocycles. The number of hydrogen-bond acceptors (Lipinski definition) is 6. The molecule has 0 saturated carbocycles. The standard InChI is InChI=1S/C17H17ClN4O3/c18-12-3-1-2-4-14(12)24-10-15-21-13(9-19)17(25-15)22-7-5-11(6-8-22)16(20)23/h1-4,11H,5-8,10H2,(H2,20,23). The number of oxazole rings is 1. The van der Waals surface area contributed by atoms with E-state index >= 15 is 0 Å². The van der Waals surface area contributed by atoms with Crippen molar-refractivity contribution in [3.8, 4) is 11.8 Å². The van der Waals surface area contributed by atoms with E-state index in [1.165, 1.54) is 0 Å². The molecule has 8 heteroatoms. The molecule has 0 spiro atoms. The topological polar surface area (TPSA) is 105 Å². The van der Waals surface area contributed by atoms with E-state index in [0.29, 0.717) is 48.5 Å². The zero-order valence-electron chi connectivity index (χ0n) is 13.4. The summed E-state index contributed by atoms with van der Waals surface area (Å²) in [6.45, 7) is 1.24. The average molecular weight is 361 g/mol. The van der Waals surface area contributed by atoms with E-state index in [0.717, 1.165) is 0 Å². The fourth-order valence-corrected chi connectivity index (χ4v) is 2.96. The van der Waals surface area contributed by atoms with Crippen LogP contribution in [0.25, 0.3) is 0 Å². The lowest BCUT2D eigenvalue weighted by Crippen LogP contribution is -2.38. The van der Waals surface area contributed by atoms with E-state index in [-0.39, 0.29) is 24.1 Å². The Morgan fingerprint density at radius 1 is 1.44 bits per heavy atom. The molecule has 3 rings (SSSR count). The van der Waals surface area contributed by atoms with Gasteiger partial charge in [0.25, 0.3) is 0 Å². The lowest BCUT2D eigenvalue weighted by atomic mass is 9.96. The number of ether oxygens (including phenoxy) is 1. The van der Waals surface area contributed by atoms with Crippen molar-refractivity contribution in [1.29, 1.82) is 5.26 Å². The number of nitrogens with two attached hydrogens (primary N) is 1. The zero-order chi connectivity index (χ0) is 17.8. The number of nitrogens with zero attached hydrogens (tertiary/aromatic N) is 3. The number of para-hydroxylation sites is 1. The number of nitriles is 1. The Morgan fingerprint density at radius 2 is 2.16 bits per heavy atom. The molecule has 1 amide bonds. The van der Waals surface area contributed by atoms with Crippen LogP contribution in [-0.2, 0) is 11.4 Å². The maximum Gasteiger partial charge on any atom is 0.236 e. The zero-order valence-corrected chi connectivity index (χ0v) is 14.2. The highest BCUT2D eigenvalue weighted by Gasteiger charge is 2.27. The Labute approximate surface area is 149 Å². The van der Waals surface area contributed by atoms with Crippen LogP contribution in [-0.4, -0.2) is 24.0 Å². The fraction of sp³-hybridized carbons (Fsp3) is 0.353. The van der Waals surface area contributed by atoms with Crippen molar-refractivity contribution < 1.29 is 13.9 Å². The molecule has 0 atom stereocenters. The van der Waals surface area contributed by atoms with Gasteiger partial charge in [-0.15, -0.1) is 0 Å². The monoisotopic (exact) mass is 360 g/mol. The van der Waals surface area contributed by atoms with Crippen LogP contribution >= 0.6 is 11.6 Å². The van der Waals surface area contributed by atoms with Crippen LogP contribution in [0.4, 0.5) is 5.88 Å². The summed E-state index contributed by atoms with van der Waals surface area (Å²) in [6, 6.07) is 9.12. The fourth-order valence-electron chi connectivity index (χ4n) is 2.77. The molecule has 1 aliphatic heterocycles. The third kappa shape index (κ3) is 3.86. The summed E-state index contributed by atoms with van der Waals surface area (Å²) in [5, 5.41) is 9.79. The summed E-state index contributed by atoms with van der Waals surface area (Å²) in [6.07, 6.45) is 1.26. The number of hydrogen-bond donors (Lipinski definition) is 1. The third-order valence-electron chi connectivity index (χ3n) is 4.13. The Hall–Kier alpha value is -2.72. The van der Waals surface area contributed by atoms with E-state index < -0.39 is 0 Å². The van der Waals surface area contributed by atoms with E-state index in [1.807, 2.05) is 23.1 Å². The molecule has 25 heavy (non-hydrogen) atoms. The predicted octanol–water partition coefficient (Wildman–Crippen LogP) is 2.48. The van der Waals surface area contributed by atoms with Crippen LogP contribution < -0.4 is 15.4 Å². The molecule has 2 N–H and O–H groups in total. The van der Waals surface area contributed by atoms with Gasteiger partial charge in [0.05, 0.1) is 5.02 Å². The first-order valence-electron chi connectivity index (χ1n) is 7.90. The van der Waals surface area contributed by atoms with Crippen LogP contribution in [0.15, 0.2) is 28.7 Å². The number of anilines is 1. The molecule has 1 saturated heterocycles. The maximum absolute atomic E-state index is 11.3. The van der Waals surface area contributed by atoms with Crippen molar-refractivity contribution in [3.63, 3.8) is 0 Å². The second kappa shape index (κ2) is 7.45. The first kappa shape index (κ1) is 17.1. The summed E-state index contributed by atoms with van der Waals surface area (Å²) < 4.78 is 11.3. The van der Waals surface area contributed by atoms with Crippen molar-refractivity contribution in [3.05, 3.63) is 40.9 Å². The molecule has 2 heterocycles. The van der Waals surface area contributed by atoms with Gasteiger partial charge in [-0.3, -0.25) is 4.79 Å². The van der Waals surface area contributed by atoms with E-state index in [9.17, 15) is 10.1 Å². The number of carbonyl (C=O) groups excluding carboxylic acids is 1. The molecule has 7 nitrogen and oxygen atoms in total. The van der Waals surface area contributed by atoms with E-state index in [1.54, 1.807) is 12.1 Å². The molecule has 1 fully saturated rings. The number of amides is 1. The third-order valence-corrected chi connectivity index (χ3v) is 4.44. The first-order chi connectivity index (χ1) is 12.1. The minimum atomic E-state index is -0.286. The maximum atomic E-state index is 11.3. The van der Waals surface area contributed by atoms with Gasteiger partial charge in [-0.25, -0.2) is 0 Å². The number of aromatic nitrogens is 1. The normalized spacial score (nSPS) is 15.0. The second-order valence-electron chi connectivity index (χ2n) is 5.76. The van der Waals surface area contributed by atoms with Crippen molar-refractivity contribution >= 4 is 23.4 Å². The van der Waals surface area contributed by atoms with Gasteiger partial charge in [-0.05, 0) is 25.0 Å². The van der Waals surface area contributed by atoms with Crippen LogP contribution in [0.5, 0.6) is 5.75 Å². The van der Waals surface area contributed by atoms with Gasteiger partial charge in [0.1, 0.15) is 11.8 Å². The molecule has 0 aliphatic carbocycles. The van der Waals surface area contributed by atoms with E-state index in [2.05, 4.69) is 4.98 Å². The van der Waals surface area contributed by atoms with E-state index in [4.69, 9.17) is 26.5 Å². The SMILES string of the molecule is N#Cc1nc(COc2ccccc2Cl)oc1N1CCC(C(N)=O)CC1. The number of carbonyl (C=O) groups is 1. The highest BCUT2D eigenvalue weighted by molar-refractivity contribution is 6.32. The lowest BCUT2D eigenvalue weighted by Gasteiger charge is -2.30. The molecule has 0 radical (unpaired) electrons. The highest BCUT2D eigenvalue weighted by atomic mass is 35.5. The number of primary amides is 1. The predicted molar refractivity (Wildman–Crippen MR) is 91.1 cm³/mol. The molecule has 0 bridgehead atoms. The quantitative estimate of drug-likeness (QED) is 0.878. The summed E-state index contributed by atoms with van der Waals surface area (Å²) in [4.78, 5) is 17.3. The van der Waals surface area contributed by atoms with Gasteiger partial charge in [0.15, 0.2) is 6.61 Å². The molecule has 2 aromatic rings. The van der Waals surface area contributed by atoms with Crippen LogP contribution in [0.1, 0.15) is 24.4 Å². The van der Waals surface area contributed by atoms with Crippen molar-refractivity contribution in [2.75, 3.05) is 18.0 Å². The van der Waals surface area contributed by atoms with Crippen LogP contribution in [0.3, 0.4) is 0 Å². The van der Waals surface area contributed by atoms with Gasteiger partial charge in [0.2, 0.25) is 23.4 Å². The van der Waals surface area contributed by atoms with Gasteiger partial charge in [0, 0.05) is 19.0 Å². The Kier molecular flexibility index (Phi) is 5.10. The molecular formula is C17H17ClN4O3. The Balaban J connectivity index is 1.69. The summed E-state index contributed by atoms with van der Waals surface area (Å²) in [5.41, 5.74) is 5.55. The van der Waals surface area contributed by atoms with Crippen molar-refractivity contribution in [1.82, 2.24) is 4.98 Å². The largest absolute Gasteiger partial charge is 0.482 e. The summed E-state index contributed by atoms with van der Waals surface area (Å²) >= 11 is 6.04. The molecule has 1 aromatic carbocycles. The van der Waals surface area contributed by atoms with Gasteiger partial charge in [-0.1, -0.05) is 23.7 Å². The highest BCUT2D eigenvalue weighted by Crippen LogP contribution is 2.28. The molecule has 0 unspecified atom stereocenters. The van der Waals surface area contributed by atoms with Gasteiger partial charge < -0.3 is 19.8 Å². The summed E-state index contributed by atoms with van der Waals surface area (Å²) in [7, 11) is 0. The Bertz CT molecular complexity index is 806. The average Bonchev–Trinajstić information content (AvgIpc) is 3.04. The number of halogens is 1. The Morgan fingerprint density at radius 3 is 2.80 bits per heavy atom. The molecular weight excluding hydrogens is 344 g/mol. The van der Waals surface area contributed by atoms with Crippen molar-refractivity contribution in [2.45, 2.75) is 19.4 Å². The summed E-state index contributed by atoms with van der Waals surface area (Å²) in [5.74, 6) is 0.802. The minimum absolute atomic E-state index is 0.0656. The second-order valence-corrected chi connectivity index (χ2v) is 6.16. The number of piperidine rings is 1. The van der Waals surface area contributed by atoms with Gasteiger partial charge >= 0.3 is 0 Å². The number of benzene rings is 1. The first-order valence-corrected chi connectivity index (χ1v) is 8.27. The molecule has 1 aliphatic rings. The van der Waals surface area contributed by atoms with Crippen LogP contribution in [0, 0.1) is 17.2 Å².